The van der Waals surface area contributed by atoms with Gasteiger partial charge in [-0.3, -0.25) is 14.4 Å². The van der Waals surface area contributed by atoms with E-state index in [0.29, 0.717) is 44.6 Å². The van der Waals surface area contributed by atoms with E-state index in [-0.39, 0.29) is 29.2 Å². The fourth-order valence-electron chi connectivity index (χ4n) is 4.69. The maximum atomic E-state index is 14.1. The number of amides is 3. The second kappa shape index (κ2) is 10.1. The van der Waals surface area contributed by atoms with Gasteiger partial charge in [0, 0.05) is 31.7 Å². The van der Waals surface area contributed by atoms with Crippen LogP contribution < -0.4 is 5.32 Å². The van der Waals surface area contributed by atoms with Crippen molar-refractivity contribution in [1.82, 2.24) is 15.1 Å². The van der Waals surface area contributed by atoms with Crippen LogP contribution in [0.15, 0.2) is 48.5 Å². The van der Waals surface area contributed by atoms with E-state index in [1.807, 2.05) is 24.0 Å². The molecule has 2 aliphatic rings. The first-order chi connectivity index (χ1) is 15.9. The van der Waals surface area contributed by atoms with Crippen molar-refractivity contribution in [1.29, 1.82) is 0 Å². The SMILES string of the molecule is Cc1ccc(C(=O)N[C@@H](C(=O)N2CCCC2)C2CCN(C(=O)c3ccccc3F)CC2)cc1. The Morgan fingerprint density at radius 2 is 1.55 bits per heavy atom. The molecule has 0 unspecified atom stereocenters. The molecule has 2 fully saturated rings. The highest BCUT2D eigenvalue weighted by atomic mass is 19.1. The summed E-state index contributed by atoms with van der Waals surface area (Å²) < 4.78 is 14.1. The average Bonchev–Trinajstić information content (AvgIpc) is 3.38. The fourth-order valence-corrected chi connectivity index (χ4v) is 4.69. The Morgan fingerprint density at radius 1 is 0.909 bits per heavy atom. The lowest BCUT2D eigenvalue weighted by Crippen LogP contribution is -2.54. The summed E-state index contributed by atoms with van der Waals surface area (Å²) in [6.45, 7) is 4.21. The molecule has 2 saturated heterocycles. The van der Waals surface area contributed by atoms with Crippen LogP contribution in [0.4, 0.5) is 4.39 Å². The minimum Gasteiger partial charge on any atom is -0.341 e. The van der Waals surface area contributed by atoms with Crippen molar-refractivity contribution in [3.05, 3.63) is 71.0 Å². The van der Waals surface area contributed by atoms with Gasteiger partial charge in [-0.15, -0.1) is 0 Å². The van der Waals surface area contributed by atoms with Gasteiger partial charge >= 0.3 is 0 Å². The molecule has 0 radical (unpaired) electrons. The van der Waals surface area contributed by atoms with Gasteiger partial charge in [-0.2, -0.15) is 0 Å². The zero-order valence-electron chi connectivity index (χ0n) is 18.9. The van der Waals surface area contributed by atoms with Gasteiger partial charge in [0.15, 0.2) is 0 Å². The average molecular weight is 452 g/mol. The Morgan fingerprint density at radius 3 is 2.18 bits per heavy atom. The van der Waals surface area contributed by atoms with Crippen molar-refractivity contribution in [3.63, 3.8) is 0 Å². The molecule has 2 aromatic carbocycles. The van der Waals surface area contributed by atoms with E-state index in [0.717, 1.165) is 18.4 Å². The minimum atomic E-state index is -0.636. The summed E-state index contributed by atoms with van der Waals surface area (Å²) in [5.41, 5.74) is 1.64. The van der Waals surface area contributed by atoms with Crippen LogP contribution in [0.25, 0.3) is 0 Å². The van der Waals surface area contributed by atoms with Crippen molar-refractivity contribution in [2.24, 2.45) is 5.92 Å². The lowest BCUT2D eigenvalue weighted by Gasteiger charge is -2.37. The molecule has 2 aliphatic heterocycles. The van der Waals surface area contributed by atoms with Gasteiger partial charge in [-0.05, 0) is 62.8 Å². The number of carbonyl (C=O) groups excluding carboxylic acids is 3. The van der Waals surface area contributed by atoms with Crippen molar-refractivity contribution in [3.8, 4) is 0 Å². The number of piperidine rings is 1. The van der Waals surface area contributed by atoms with E-state index in [4.69, 9.17) is 0 Å². The normalized spacial score (nSPS) is 17.6. The molecule has 1 atom stereocenters. The quantitative estimate of drug-likeness (QED) is 0.758. The predicted octanol–water partition coefficient (Wildman–Crippen LogP) is 3.41. The molecule has 0 saturated carbocycles. The standard InChI is InChI=1S/C26H30FN3O3/c1-18-8-10-20(11-9-18)24(31)28-23(26(33)29-14-4-5-15-29)19-12-16-30(17-13-19)25(32)21-6-2-3-7-22(21)27/h2-3,6-11,19,23H,4-5,12-17H2,1H3,(H,28,31)/t23-/m1/s1. The Bertz CT molecular complexity index is 1010. The highest BCUT2D eigenvalue weighted by Crippen LogP contribution is 2.25. The van der Waals surface area contributed by atoms with E-state index in [2.05, 4.69) is 5.32 Å². The largest absolute Gasteiger partial charge is 0.341 e. The van der Waals surface area contributed by atoms with Gasteiger partial charge in [-0.1, -0.05) is 29.8 Å². The summed E-state index contributed by atoms with van der Waals surface area (Å²) in [5.74, 6) is -1.27. The topological polar surface area (TPSA) is 69.7 Å². The van der Waals surface area contributed by atoms with Crippen LogP contribution in [0.2, 0.25) is 0 Å². The molecule has 2 heterocycles. The van der Waals surface area contributed by atoms with Gasteiger partial charge in [-0.25, -0.2) is 4.39 Å². The molecule has 0 aromatic heterocycles. The summed E-state index contributed by atoms with van der Waals surface area (Å²) >= 11 is 0. The minimum absolute atomic E-state index is 0.0492. The Balaban J connectivity index is 1.46. The predicted molar refractivity (Wildman–Crippen MR) is 123 cm³/mol. The zero-order valence-corrected chi connectivity index (χ0v) is 18.9. The molecule has 1 N–H and O–H groups in total. The van der Waals surface area contributed by atoms with Gasteiger partial charge in [0.25, 0.3) is 11.8 Å². The van der Waals surface area contributed by atoms with Crippen LogP contribution in [0.1, 0.15) is 52.0 Å². The molecule has 0 aliphatic carbocycles. The van der Waals surface area contributed by atoms with Crippen molar-refractivity contribution >= 4 is 17.7 Å². The number of carbonyl (C=O) groups is 3. The molecule has 0 bridgehead atoms. The van der Waals surface area contributed by atoms with Crippen LogP contribution in [0.3, 0.4) is 0 Å². The zero-order chi connectivity index (χ0) is 23.4. The highest BCUT2D eigenvalue weighted by Gasteiger charge is 2.37. The molecular weight excluding hydrogens is 421 g/mol. The number of hydrogen-bond acceptors (Lipinski definition) is 3. The number of benzene rings is 2. The van der Waals surface area contributed by atoms with Crippen molar-refractivity contribution in [2.75, 3.05) is 26.2 Å². The lowest BCUT2D eigenvalue weighted by atomic mass is 9.88. The number of hydrogen-bond donors (Lipinski definition) is 1. The van der Waals surface area contributed by atoms with Crippen LogP contribution in [0, 0.1) is 18.7 Å². The Labute approximate surface area is 193 Å². The summed E-state index contributed by atoms with van der Waals surface area (Å²) in [7, 11) is 0. The number of nitrogens with zero attached hydrogens (tertiary/aromatic N) is 2. The molecule has 3 amide bonds. The van der Waals surface area contributed by atoms with E-state index < -0.39 is 11.9 Å². The number of likely N-dealkylation sites (tertiary alicyclic amines) is 2. The first-order valence-electron chi connectivity index (χ1n) is 11.6. The summed E-state index contributed by atoms with van der Waals surface area (Å²) in [4.78, 5) is 42.5. The van der Waals surface area contributed by atoms with Crippen molar-refractivity contribution in [2.45, 2.75) is 38.6 Å². The van der Waals surface area contributed by atoms with E-state index in [9.17, 15) is 18.8 Å². The molecule has 174 valence electrons. The van der Waals surface area contributed by atoms with Gasteiger partial charge < -0.3 is 15.1 Å². The molecule has 7 heteroatoms. The molecule has 0 spiro atoms. The molecule has 6 nitrogen and oxygen atoms in total. The maximum Gasteiger partial charge on any atom is 0.256 e. The third-order valence-electron chi connectivity index (χ3n) is 6.69. The second-order valence-electron chi connectivity index (χ2n) is 8.96. The van der Waals surface area contributed by atoms with E-state index in [1.165, 1.54) is 12.1 Å². The Kier molecular flexibility index (Phi) is 7.06. The second-order valence-corrected chi connectivity index (χ2v) is 8.96. The lowest BCUT2D eigenvalue weighted by molar-refractivity contribution is -0.134. The summed E-state index contributed by atoms with van der Waals surface area (Å²) in [6.07, 6.45) is 3.08. The van der Waals surface area contributed by atoms with E-state index in [1.54, 1.807) is 29.2 Å². The molecular formula is C26H30FN3O3. The summed E-state index contributed by atoms with van der Waals surface area (Å²) in [6, 6.07) is 12.6. The fraction of sp³-hybridized carbons (Fsp3) is 0.423. The molecule has 2 aromatic rings. The third kappa shape index (κ3) is 5.24. The first-order valence-corrected chi connectivity index (χ1v) is 11.6. The number of nitrogens with one attached hydrogen (secondary N) is 1. The van der Waals surface area contributed by atoms with Crippen LogP contribution in [-0.4, -0.2) is 59.7 Å². The number of halogens is 1. The highest BCUT2D eigenvalue weighted by molar-refractivity contribution is 5.98. The van der Waals surface area contributed by atoms with Gasteiger partial charge in [0.05, 0.1) is 5.56 Å². The van der Waals surface area contributed by atoms with E-state index >= 15 is 0 Å². The van der Waals surface area contributed by atoms with Gasteiger partial charge in [0.1, 0.15) is 11.9 Å². The van der Waals surface area contributed by atoms with Crippen LogP contribution in [-0.2, 0) is 4.79 Å². The third-order valence-corrected chi connectivity index (χ3v) is 6.69. The number of rotatable bonds is 5. The smallest absolute Gasteiger partial charge is 0.256 e. The molecule has 33 heavy (non-hydrogen) atoms. The molecule has 4 rings (SSSR count). The Hall–Kier alpha value is -3.22. The van der Waals surface area contributed by atoms with Crippen molar-refractivity contribution < 1.29 is 18.8 Å². The first kappa shape index (κ1) is 23.0. The number of aryl methyl sites for hydroxylation is 1. The summed E-state index contributed by atoms with van der Waals surface area (Å²) in [5, 5.41) is 2.99. The van der Waals surface area contributed by atoms with Crippen LogP contribution in [0.5, 0.6) is 0 Å². The monoisotopic (exact) mass is 451 g/mol. The van der Waals surface area contributed by atoms with Gasteiger partial charge in [0.2, 0.25) is 5.91 Å². The maximum absolute atomic E-state index is 14.1. The van der Waals surface area contributed by atoms with Crippen LogP contribution >= 0.6 is 0 Å².